The van der Waals surface area contributed by atoms with Gasteiger partial charge in [0.1, 0.15) is 0 Å². The number of nitrogens with one attached hydrogen (secondary N) is 1. The number of carbonyl (C=O) groups excluding carboxylic acids is 1. The largest absolute Gasteiger partial charge is 0.397 e. The first-order chi connectivity index (χ1) is 7.52. The van der Waals surface area contributed by atoms with Crippen molar-refractivity contribution in [3.63, 3.8) is 0 Å². The molecule has 16 heavy (non-hydrogen) atoms. The van der Waals surface area contributed by atoms with Gasteiger partial charge in [-0.15, -0.1) is 0 Å². The van der Waals surface area contributed by atoms with Crippen molar-refractivity contribution >= 4 is 17.3 Å². The normalized spacial score (nSPS) is 24.7. The number of fused-ring (bicyclic) bond motifs is 1. The number of anilines is 2. The van der Waals surface area contributed by atoms with E-state index in [-0.39, 0.29) is 18.0 Å². The fourth-order valence-electron chi connectivity index (χ4n) is 1.97. The fraction of sp³-hybridized carbons (Fsp3) is 0.417. The zero-order chi connectivity index (χ0) is 11.9. The minimum atomic E-state index is 0.0200. The first kappa shape index (κ1) is 10.8. The molecule has 4 nitrogen and oxygen atoms in total. The van der Waals surface area contributed by atoms with Gasteiger partial charge in [0.2, 0.25) is 0 Å². The maximum absolute atomic E-state index is 12.2. The van der Waals surface area contributed by atoms with Crippen LogP contribution in [-0.4, -0.2) is 29.9 Å². The summed E-state index contributed by atoms with van der Waals surface area (Å²) in [6.45, 7) is 4.08. The van der Waals surface area contributed by atoms with Gasteiger partial charge < -0.3 is 16.0 Å². The second kappa shape index (κ2) is 3.70. The molecule has 4 heteroatoms. The number of rotatable bonds is 0. The Bertz CT molecular complexity index is 430. The molecule has 0 aromatic heterocycles. The molecule has 2 atom stereocenters. The molecule has 0 aliphatic carbocycles. The van der Waals surface area contributed by atoms with E-state index in [1.165, 1.54) is 0 Å². The topological polar surface area (TPSA) is 58.4 Å². The molecule has 86 valence electrons. The van der Waals surface area contributed by atoms with E-state index in [1.54, 1.807) is 4.90 Å². The smallest absolute Gasteiger partial charge is 0.256 e. The first-order valence-corrected chi connectivity index (χ1v) is 5.44. The van der Waals surface area contributed by atoms with Crippen molar-refractivity contribution in [1.82, 2.24) is 4.90 Å². The van der Waals surface area contributed by atoms with Gasteiger partial charge in [-0.3, -0.25) is 4.79 Å². The Kier molecular flexibility index (Phi) is 2.50. The highest BCUT2D eigenvalue weighted by Crippen LogP contribution is 2.29. The van der Waals surface area contributed by atoms with Gasteiger partial charge in [0.05, 0.1) is 16.9 Å². The van der Waals surface area contributed by atoms with Gasteiger partial charge >= 0.3 is 0 Å². The third kappa shape index (κ3) is 1.50. The summed E-state index contributed by atoms with van der Waals surface area (Å²) in [6.07, 6.45) is 0. The summed E-state index contributed by atoms with van der Waals surface area (Å²) in [6, 6.07) is 5.74. The third-order valence-corrected chi connectivity index (χ3v) is 3.35. The quantitative estimate of drug-likeness (QED) is 0.651. The molecule has 0 spiro atoms. The summed E-state index contributed by atoms with van der Waals surface area (Å²) in [5.41, 5.74) is 7.93. The summed E-state index contributed by atoms with van der Waals surface area (Å²) in [4.78, 5) is 13.9. The van der Waals surface area contributed by atoms with E-state index in [1.807, 2.05) is 32.2 Å². The summed E-state index contributed by atoms with van der Waals surface area (Å²) >= 11 is 0. The number of nitrogens with zero attached hydrogens (tertiary/aromatic N) is 1. The number of nitrogens with two attached hydrogens (primary N) is 1. The molecular weight excluding hydrogens is 202 g/mol. The lowest BCUT2D eigenvalue weighted by atomic mass is 10.1. The fourth-order valence-corrected chi connectivity index (χ4v) is 1.97. The molecule has 1 aliphatic rings. The van der Waals surface area contributed by atoms with Gasteiger partial charge in [-0.2, -0.15) is 0 Å². The van der Waals surface area contributed by atoms with Crippen LogP contribution < -0.4 is 11.1 Å². The van der Waals surface area contributed by atoms with Gasteiger partial charge in [-0.25, -0.2) is 0 Å². The molecule has 0 radical (unpaired) electrons. The van der Waals surface area contributed by atoms with Crippen molar-refractivity contribution in [2.45, 2.75) is 25.9 Å². The Hall–Kier alpha value is -1.71. The van der Waals surface area contributed by atoms with Gasteiger partial charge in [0, 0.05) is 19.1 Å². The van der Waals surface area contributed by atoms with Crippen LogP contribution >= 0.6 is 0 Å². The van der Waals surface area contributed by atoms with Gasteiger partial charge in [-0.1, -0.05) is 6.07 Å². The van der Waals surface area contributed by atoms with E-state index in [2.05, 4.69) is 12.2 Å². The lowest BCUT2D eigenvalue weighted by Crippen LogP contribution is -2.41. The molecule has 2 rings (SSSR count). The number of hydrogen-bond acceptors (Lipinski definition) is 3. The van der Waals surface area contributed by atoms with Crippen LogP contribution in [0, 0.1) is 0 Å². The Morgan fingerprint density at radius 1 is 1.38 bits per heavy atom. The van der Waals surface area contributed by atoms with Crippen molar-refractivity contribution in [3.8, 4) is 0 Å². The molecule has 1 aromatic rings. The minimum Gasteiger partial charge on any atom is -0.397 e. The molecule has 0 saturated heterocycles. The van der Waals surface area contributed by atoms with Crippen LogP contribution in [0.4, 0.5) is 11.4 Å². The van der Waals surface area contributed by atoms with E-state index in [0.29, 0.717) is 11.3 Å². The number of benzene rings is 1. The molecule has 1 aliphatic heterocycles. The third-order valence-electron chi connectivity index (χ3n) is 3.35. The molecule has 2 unspecified atom stereocenters. The Morgan fingerprint density at radius 3 is 2.75 bits per heavy atom. The first-order valence-electron chi connectivity index (χ1n) is 5.44. The van der Waals surface area contributed by atoms with Crippen molar-refractivity contribution in [2.75, 3.05) is 18.1 Å². The van der Waals surface area contributed by atoms with Crippen LogP contribution in [-0.2, 0) is 0 Å². The summed E-state index contributed by atoms with van der Waals surface area (Å²) in [5, 5.41) is 3.31. The molecule has 1 heterocycles. The van der Waals surface area contributed by atoms with Crippen molar-refractivity contribution < 1.29 is 4.79 Å². The summed E-state index contributed by atoms with van der Waals surface area (Å²) in [5.74, 6) is 0.0200. The molecule has 3 N–H and O–H groups in total. The highest BCUT2D eigenvalue weighted by Gasteiger charge is 2.29. The van der Waals surface area contributed by atoms with Crippen LogP contribution in [0.2, 0.25) is 0 Å². The average molecular weight is 219 g/mol. The number of para-hydroxylation sites is 1. The predicted octanol–water partition coefficient (Wildman–Crippen LogP) is 1.54. The van der Waals surface area contributed by atoms with Crippen LogP contribution in [0.15, 0.2) is 18.2 Å². The zero-order valence-corrected chi connectivity index (χ0v) is 9.82. The van der Waals surface area contributed by atoms with Crippen molar-refractivity contribution in [1.29, 1.82) is 0 Å². The van der Waals surface area contributed by atoms with Gasteiger partial charge in [0.15, 0.2) is 0 Å². The number of likely N-dealkylation sites (N-methyl/N-ethyl adjacent to an activating group) is 1. The number of amides is 1. The number of hydrogen-bond donors (Lipinski definition) is 2. The Morgan fingerprint density at radius 2 is 2.06 bits per heavy atom. The highest BCUT2D eigenvalue weighted by atomic mass is 16.2. The van der Waals surface area contributed by atoms with E-state index < -0.39 is 0 Å². The van der Waals surface area contributed by atoms with Crippen LogP contribution in [0.1, 0.15) is 24.2 Å². The zero-order valence-electron chi connectivity index (χ0n) is 9.82. The molecular formula is C12H17N3O. The van der Waals surface area contributed by atoms with Crippen LogP contribution in [0.3, 0.4) is 0 Å². The maximum atomic E-state index is 12.2. The number of carbonyl (C=O) groups is 1. The van der Waals surface area contributed by atoms with E-state index >= 15 is 0 Å². The molecule has 0 bridgehead atoms. The molecule has 1 aromatic carbocycles. The average Bonchev–Trinajstić information content (AvgIpc) is 2.34. The summed E-state index contributed by atoms with van der Waals surface area (Å²) < 4.78 is 0. The minimum absolute atomic E-state index is 0.0200. The standard InChI is InChI=1S/C12H17N3O/c1-7-8(2)15(3)12(16)9-5-4-6-10(13)11(9)14-7/h4-8,14H,13H2,1-3H3. The van der Waals surface area contributed by atoms with E-state index in [4.69, 9.17) is 5.73 Å². The Labute approximate surface area is 95.4 Å². The monoisotopic (exact) mass is 219 g/mol. The number of nitrogen functional groups attached to an aromatic ring is 1. The lowest BCUT2D eigenvalue weighted by Gasteiger charge is -2.26. The Balaban J connectivity index is 2.56. The SMILES string of the molecule is CC1Nc2c(N)cccc2C(=O)N(C)C1C. The molecule has 0 fully saturated rings. The van der Waals surface area contributed by atoms with Crippen molar-refractivity contribution in [3.05, 3.63) is 23.8 Å². The van der Waals surface area contributed by atoms with Crippen molar-refractivity contribution in [2.24, 2.45) is 0 Å². The lowest BCUT2D eigenvalue weighted by molar-refractivity contribution is 0.0741. The van der Waals surface area contributed by atoms with E-state index in [0.717, 1.165) is 5.69 Å². The molecule has 1 amide bonds. The summed E-state index contributed by atoms with van der Waals surface area (Å²) in [7, 11) is 1.82. The van der Waals surface area contributed by atoms with Gasteiger partial charge in [0.25, 0.3) is 5.91 Å². The van der Waals surface area contributed by atoms with Gasteiger partial charge in [-0.05, 0) is 26.0 Å². The highest BCUT2D eigenvalue weighted by molar-refractivity contribution is 6.03. The second-order valence-electron chi connectivity index (χ2n) is 4.36. The maximum Gasteiger partial charge on any atom is 0.256 e. The van der Waals surface area contributed by atoms with E-state index in [9.17, 15) is 4.79 Å². The molecule has 0 saturated carbocycles. The van der Waals surface area contributed by atoms with Crippen LogP contribution in [0.5, 0.6) is 0 Å². The second-order valence-corrected chi connectivity index (χ2v) is 4.36. The van der Waals surface area contributed by atoms with Crippen LogP contribution in [0.25, 0.3) is 0 Å². The predicted molar refractivity (Wildman–Crippen MR) is 65.5 cm³/mol.